The van der Waals surface area contributed by atoms with Crippen molar-refractivity contribution in [1.82, 2.24) is 4.98 Å². The number of para-hydroxylation sites is 1. The van der Waals surface area contributed by atoms with Crippen LogP contribution in [0.5, 0.6) is 0 Å². The molecular weight excluding hydrogens is 266 g/mol. The molecule has 0 spiro atoms. The lowest BCUT2D eigenvalue weighted by molar-refractivity contribution is 0.687. The summed E-state index contributed by atoms with van der Waals surface area (Å²) in [5.74, 6) is 0.650. The Hall–Kier alpha value is -1.55. The van der Waals surface area contributed by atoms with Crippen LogP contribution in [-0.4, -0.2) is 18.1 Å². The Morgan fingerprint density at radius 1 is 1.30 bits per heavy atom. The molecule has 0 unspecified atom stereocenters. The third kappa shape index (κ3) is 2.96. The summed E-state index contributed by atoms with van der Waals surface area (Å²) >= 11 is 1.81. The predicted octanol–water partition coefficient (Wildman–Crippen LogP) is 3.77. The maximum absolute atomic E-state index is 4.73. The van der Waals surface area contributed by atoms with Crippen LogP contribution in [0, 0.1) is 5.92 Å². The fourth-order valence-electron chi connectivity index (χ4n) is 2.42. The Kier molecular flexibility index (Phi) is 3.92. The van der Waals surface area contributed by atoms with Crippen LogP contribution in [0.1, 0.15) is 24.4 Å². The molecule has 0 saturated carbocycles. The number of thiazole rings is 1. The Bertz CT molecular complexity index is 562. The second-order valence-corrected chi connectivity index (χ2v) is 6.75. The number of nitrogens with one attached hydrogen (secondary N) is 1. The van der Waals surface area contributed by atoms with Gasteiger partial charge in [-0.1, -0.05) is 43.4 Å². The summed E-state index contributed by atoms with van der Waals surface area (Å²) in [5.41, 5.74) is 2.59. The van der Waals surface area contributed by atoms with E-state index in [1.165, 1.54) is 16.3 Å². The lowest BCUT2D eigenvalue weighted by Crippen LogP contribution is -2.29. The third-order valence-corrected chi connectivity index (χ3v) is 4.55. The monoisotopic (exact) mass is 287 g/mol. The van der Waals surface area contributed by atoms with Crippen LogP contribution in [0.15, 0.2) is 30.3 Å². The van der Waals surface area contributed by atoms with Crippen LogP contribution in [0.4, 0.5) is 10.8 Å². The quantitative estimate of drug-likeness (QED) is 0.927. The third-order valence-electron chi connectivity index (χ3n) is 3.51. The van der Waals surface area contributed by atoms with Gasteiger partial charge in [0.2, 0.25) is 0 Å². The first-order valence-corrected chi connectivity index (χ1v) is 8.06. The van der Waals surface area contributed by atoms with E-state index in [-0.39, 0.29) is 0 Å². The molecule has 0 saturated heterocycles. The van der Waals surface area contributed by atoms with Crippen LogP contribution in [0.2, 0.25) is 0 Å². The zero-order valence-corrected chi connectivity index (χ0v) is 12.9. The minimum Gasteiger partial charge on any atom is -0.366 e. The molecule has 3 nitrogen and oxygen atoms in total. The van der Waals surface area contributed by atoms with Gasteiger partial charge in [0.05, 0.1) is 12.2 Å². The molecule has 3 rings (SSSR count). The molecule has 106 valence electrons. The molecule has 1 aliphatic heterocycles. The highest BCUT2D eigenvalue weighted by molar-refractivity contribution is 7.15. The zero-order valence-electron chi connectivity index (χ0n) is 12.1. The molecule has 1 N–H and O–H groups in total. The normalized spacial score (nSPS) is 14.4. The smallest absolute Gasteiger partial charge is 0.183 e. The molecular formula is C16H21N3S. The number of aromatic nitrogens is 1. The van der Waals surface area contributed by atoms with Crippen molar-refractivity contribution in [2.45, 2.75) is 26.8 Å². The molecule has 20 heavy (non-hydrogen) atoms. The van der Waals surface area contributed by atoms with Crippen molar-refractivity contribution in [3.8, 4) is 0 Å². The van der Waals surface area contributed by atoms with Gasteiger partial charge in [-0.05, 0) is 18.1 Å². The van der Waals surface area contributed by atoms with Crippen molar-refractivity contribution in [2.24, 2.45) is 5.92 Å². The van der Waals surface area contributed by atoms with Crippen molar-refractivity contribution in [1.29, 1.82) is 0 Å². The highest BCUT2D eigenvalue weighted by Gasteiger charge is 2.20. The van der Waals surface area contributed by atoms with Crippen LogP contribution in [0.3, 0.4) is 0 Å². The predicted molar refractivity (Wildman–Crippen MR) is 86.6 cm³/mol. The zero-order chi connectivity index (χ0) is 13.9. The van der Waals surface area contributed by atoms with E-state index < -0.39 is 0 Å². The molecule has 0 radical (unpaired) electrons. The fraction of sp³-hybridized carbons (Fsp3) is 0.438. The molecule has 0 amide bonds. The molecule has 4 heteroatoms. The molecule has 1 aromatic carbocycles. The van der Waals surface area contributed by atoms with Crippen LogP contribution < -0.4 is 10.2 Å². The van der Waals surface area contributed by atoms with E-state index in [9.17, 15) is 0 Å². The number of anilines is 2. The largest absolute Gasteiger partial charge is 0.366 e. The van der Waals surface area contributed by atoms with Crippen molar-refractivity contribution in [3.63, 3.8) is 0 Å². The van der Waals surface area contributed by atoms with Gasteiger partial charge < -0.3 is 10.2 Å². The topological polar surface area (TPSA) is 28.2 Å². The Labute approximate surface area is 124 Å². The summed E-state index contributed by atoms with van der Waals surface area (Å²) in [4.78, 5) is 8.58. The van der Waals surface area contributed by atoms with Gasteiger partial charge in [0.15, 0.2) is 5.13 Å². The highest BCUT2D eigenvalue weighted by Crippen LogP contribution is 2.30. The van der Waals surface area contributed by atoms with Gasteiger partial charge in [-0.25, -0.2) is 4.98 Å². The Morgan fingerprint density at radius 3 is 2.85 bits per heavy atom. The minimum absolute atomic E-state index is 0.650. The van der Waals surface area contributed by atoms with Crippen molar-refractivity contribution < 1.29 is 0 Å². The van der Waals surface area contributed by atoms with Gasteiger partial charge >= 0.3 is 0 Å². The first-order chi connectivity index (χ1) is 9.72. The summed E-state index contributed by atoms with van der Waals surface area (Å²) in [7, 11) is 0. The molecule has 2 heterocycles. The van der Waals surface area contributed by atoms with E-state index >= 15 is 0 Å². The SMILES string of the molecule is CC(C)CNc1nc2c(s1)CN(c1ccccc1)CC2. The highest BCUT2D eigenvalue weighted by atomic mass is 32.1. The Balaban J connectivity index is 1.71. The molecule has 0 bridgehead atoms. The fourth-order valence-corrected chi connectivity index (χ4v) is 3.45. The summed E-state index contributed by atoms with van der Waals surface area (Å²) < 4.78 is 0. The van der Waals surface area contributed by atoms with Gasteiger partial charge in [-0.15, -0.1) is 0 Å². The Morgan fingerprint density at radius 2 is 2.10 bits per heavy atom. The van der Waals surface area contributed by atoms with E-state index in [4.69, 9.17) is 4.98 Å². The number of benzene rings is 1. The molecule has 2 aromatic rings. The molecule has 0 fully saturated rings. The second kappa shape index (κ2) is 5.83. The summed E-state index contributed by atoms with van der Waals surface area (Å²) in [5, 5.41) is 4.53. The molecule has 1 aromatic heterocycles. The van der Waals surface area contributed by atoms with E-state index in [1.807, 2.05) is 11.3 Å². The molecule has 1 aliphatic rings. The standard InChI is InChI=1S/C16H21N3S/c1-12(2)10-17-16-18-14-8-9-19(11-15(14)20-16)13-6-4-3-5-7-13/h3-7,12H,8-11H2,1-2H3,(H,17,18). The van der Waals surface area contributed by atoms with Crippen molar-refractivity contribution in [2.75, 3.05) is 23.3 Å². The minimum atomic E-state index is 0.650. The maximum atomic E-state index is 4.73. The van der Waals surface area contributed by atoms with Crippen LogP contribution >= 0.6 is 11.3 Å². The van der Waals surface area contributed by atoms with Crippen LogP contribution in [0.25, 0.3) is 0 Å². The van der Waals surface area contributed by atoms with Gasteiger partial charge in [-0.2, -0.15) is 0 Å². The molecule has 0 aliphatic carbocycles. The number of hydrogen-bond donors (Lipinski definition) is 1. The second-order valence-electron chi connectivity index (χ2n) is 5.67. The first kappa shape index (κ1) is 13.4. The number of nitrogens with zero attached hydrogens (tertiary/aromatic N) is 2. The summed E-state index contributed by atoms with van der Waals surface area (Å²) in [6, 6.07) is 10.6. The van der Waals surface area contributed by atoms with E-state index in [2.05, 4.69) is 54.4 Å². The number of rotatable bonds is 4. The molecule has 0 atom stereocenters. The van der Waals surface area contributed by atoms with Crippen molar-refractivity contribution in [3.05, 3.63) is 40.9 Å². The maximum Gasteiger partial charge on any atom is 0.183 e. The lowest BCUT2D eigenvalue weighted by Gasteiger charge is -2.28. The van der Waals surface area contributed by atoms with Gasteiger partial charge in [-0.3, -0.25) is 0 Å². The first-order valence-electron chi connectivity index (χ1n) is 7.25. The van der Waals surface area contributed by atoms with Gasteiger partial charge in [0.25, 0.3) is 0 Å². The summed E-state index contributed by atoms with van der Waals surface area (Å²) in [6.45, 7) is 7.48. The van der Waals surface area contributed by atoms with Gasteiger partial charge in [0.1, 0.15) is 0 Å². The van der Waals surface area contributed by atoms with E-state index in [0.29, 0.717) is 5.92 Å². The average molecular weight is 287 g/mol. The van der Waals surface area contributed by atoms with E-state index in [0.717, 1.165) is 31.2 Å². The lowest BCUT2D eigenvalue weighted by atomic mass is 10.1. The number of hydrogen-bond acceptors (Lipinski definition) is 4. The van der Waals surface area contributed by atoms with Crippen LogP contribution in [-0.2, 0) is 13.0 Å². The number of fused-ring (bicyclic) bond motifs is 1. The average Bonchev–Trinajstić information content (AvgIpc) is 2.88. The van der Waals surface area contributed by atoms with Gasteiger partial charge in [0, 0.05) is 30.1 Å². The summed E-state index contributed by atoms with van der Waals surface area (Å²) in [6.07, 6.45) is 1.05. The van der Waals surface area contributed by atoms with E-state index in [1.54, 1.807) is 0 Å². The van der Waals surface area contributed by atoms with Crippen molar-refractivity contribution >= 4 is 22.2 Å².